The average molecular weight is 273 g/mol. The van der Waals surface area contributed by atoms with E-state index in [-0.39, 0.29) is 5.69 Å². The normalized spacial score (nSPS) is 10.1. The van der Waals surface area contributed by atoms with Crippen LogP contribution in [0.2, 0.25) is 0 Å². The first-order chi connectivity index (χ1) is 9.76. The van der Waals surface area contributed by atoms with Crippen LogP contribution in [0.3, 0.4) is 0 Å². The number of nitrogens with one attached hydrogen (secondary N) is 1. The molecule has 2 aromatic rings. The van der Waals surface area contributed by atoms with Gasteiger partial charge in [-0.1, -0.05) is 19.1 Å². The topological polar surface area (TPSA) is 84.3 Å². The Morgan fingerprint density at radius 3 is 2.90 bits per heavy atom. The maximum absolute atomic E-state index is 11.4. The van der Waals surface area contributed by atoms with Crippen LogP contribution in [0.5, 0.6) is 5.75 Å². The summed E-state index contributed by atoms with van der Waals surface area (Å²) in [5.41, 5.74) is 2.34. The van der Waals surface area contributed by atoms with Crippen molar-refractivity contribution in [3.63, 3.8) is 0 Å². The number of hydrogen-bond acceptors (Lipinski definition) is 5. The molecule has 20 heavy (non-hydrogen) atoms. The molecule has 0 atom stereocenters. The number of hydroxylamine groups is 1. The Kier molecular flexibility index (Phi) is 4.62. The van der Waals surface area contributed by atoms with E-state index in [1.165, 1.54) is 12.3 Å². The molecule has 0 aliphatic heterocycles. The van der Waals surface area contributed by atoms with Gasteiger partial charge in [0, 0.05) is 6.20 Å². The summed E-state index contributed by atoms with van der Waals surface area (Å²) in [7, 11) is 0. The lowest BCUT2D eigenvalue weighted by Gasteiger charge is -2.10. The third-order valence-electron chi connectivity index (χ3n) is 2.58. The van der Waals surface area contributed by atoms with Gasteiger partial charge in [0.1, 0.15) is 11.4 Å². The number of carbonyl (C=O) groups is 1. The summed E-state index contributed by atoms with van der Waals surface area (Å²) in [5.74, 6) is 0.356. The molecule has 0 aliphatic carbocycles. The predicted octanol–water partition coefficient (Wildman–Crippen LogP) is 2.05. The van der Waals surface area contributed by atoms with Gasteiger partial charge in [0.05, 0.1) is 12.2 Å². The smallest absolute Gasteiger partial charge is 0.293 e. The van der Waals surface area contributed by atoms with Crippen LogP contribution in [-0.2, 0) is 0 Å². The predicted molar refractivity (Wildman–Crippen MR) is 72.5 cm³/mol. The van der Waals surface area contributed by atoms with Crippen LogP contribution in [0.25, 0.3) is 11.4 Å². The molecule has 0 radical (unpaired) electrons. The van der Waals surface area contributed by atoms with Gasteiger partial charge >= 0.3 is 0 Å². The Bertz CT molecular complexity index is 602. The molecular weight excluding hydrogens is 258 g/mol. The van der Waals surface area contributed by atoms with E-state index in [9.17, 15) is 4.79 Å². The molecule has 1 aromatic carbocycles. The second-order valence-electron chi connectivity index (χ2n) is 4.05. The van der Waals surface area contributed by atoms with E-state index in [1.807, 2.05) is 31.2 Å². The molecule has 104 valence electrons. The molecular formula is C14H15N3O3. The Hall–Kier alpha value is -2.47. The van der Waals surface area contributed by atoms with Crippen molar-refractivity contribution in [3.8, 4) is 17.1 Å². The maximum atomic E-state index is 11.4. The number of aromatic nitrogens is 2. The third-order valence-corrected chi connectivity index (χ3v) is 2.58. The molecule has 0 saturated heterocycles. The Morgan fingerprint density at radius 2 is 2.15 bits per heavy atom. The number of rotatable bonds is 5. The highest BCUT2D eigenvalue weighted by Crippen LogP contribution is 2.27. The standard InChI is InChI=1S/C14H15N3O3/c1-2-9-20-12-6-4-3-5-10(12)13-15-8-7-11(16-13)14(18)17-19/h3-8,19H,2,9H2,1H3,(H,17,18). The monoisotopic (exact) mass is 273 g/mol. The fourth-order valence-corrected chi connectivity index (χ4v) is 1.66. The molecule has 0 fully saturated rings. The zero-order valence-corrected chi connectivity index (χ0v) is 11.0. The second-order valence-corrected chi connectivity index (χ2v) is 4.05. The molecule has 6 nitrogen and oxygen atoms in total. The molecule has 6 heteroatoms. The van der Waals surface area contributed by atoms with Crippen molar-refractivity contribution in [1.29, 1.82) is 0 Å². The minimum Gasteiger partial charge on any atom is -0.493 e. The second kappa shape index (κ2) is 6.63. The maximum Gasteiger partial charge on any atom is 0.293 e. The van der Waals surface area contributed by atoms with E-state index in [1.54, 1.807) is 5.48 Å². The minimum absolute atomic E-state index is 0.0859. The zero-order valence-electron chi connectivity index (χ0n) is 11.0. The summed E-state index contributed by atoms with van der Waals surface area (Å²) in [4.78, 5) is 19.6. The van der Waals surface area contributed by atoms with Crippen LogP contribution < -0.4 is 10.2 Å². The average Bonchev–Trinajstić information content (AvgIpc) is 2.52. The van der Waals surface area contributed by atoms with Gasteiger partial charge in [-0.2, -0.15) is 0 Å². The van der Waals surface area contributed by atoms with Crippen molar-refractivity contribution in [2.24, 2.45) is 0 Å². The summed E-state index contributed by atoms with van der Waals surface area (Å²) >= 11 is 0. The van der Waals surface area contributed by atoms with Crippen molar-refractivity contribution in [1.82, 2.24) is 15.4 Å². The van der Waals surface area contributed by atoms with Crippen LogP contribution in [-0.4, -0.2) is 27.7 Å². The fraction of sp³-hybridized carbons (Fsp3) is 0.214. The number of para-hydroxylation sites is 1. The first kappa shape index (κ1) is 14.0. The van der Waals surface area contributed by atoms with E-state index in [4.69, 9.17) is 9.94 Å². The van der Waals surface area contributed by atoms with Gasteiger partial charge in [-0.05, 0) is 24.6 Å². The lowest BCUT2D eigenvalue weighted by atomic mass is 10.2. The minimum atomic E-state index is -0.680. The number of nitrogens with zero attached hydrogens (tertiary/aromatic N) is 2. The van der Waals surface area contributed by atoms with E-state index < -0.39 is 5.91 Å². The van der Waals surface area contributed by atoms with Crippen LogP contribution in [0.1, 0.15) is 23.8 Å². The molecule has 0 unspecified atom stereocenters. The molecule has 0 aliphatic rings. The number of hydrogen-bond donors (Lipinski definition) is 2. The SMILES string of the molecule is CCCOc1ccccc1-c1nccc(C(=O)NO)n1. The molecule has 1 aromatic heterocycles. The molecule has 0 saturated carbocycles. The molecule has 0 bridgehead atoms. The molecule has 2 N–H and O–H groups in total. The van der Waals surface area contributed by atoms with E-state index in [0.29, 0.717) is 23.7 Å². The number of benzene rings is 1. The van der Waals surface area contributed by atoms with Crippen LogP contribution in [0.15, 0.2) is 36.5 Å². The Balaban J connectivity index is 2.38. The summed E-state index contributed by atoms with van der Waals surface area (Å²) in [6.45, 7) is 2.61. The lowest BCUT2D eigenvalue weighted by molar-refractivity contribution is 0.0700. The van der Waals surface area contributed by atoms with Crippen molar-refractivity contribution < 1.29 is 14.7 Å². The highest BCUT2D eigenvalue weighted by atomic mass is 16.5. The van der Waals surface area contributed by atoms with Crippen LogP contribution in [0.4, 0.5) is 0 Å². The summed E-state index contributed by atoms with van der Waals surface area (Å²) < 4.78 is 5.64. The van der Waals surface area contributed by atoms with Gasteiger partial charge in [0.25, 0.3) is 5.91 Å². The van der Waals surface area contributed by atoms with Gasteiger partial charge in [-0.3, -0.25) is 10.0 Å². The van der Waals surface area contributed by atoms with Crippen molar-refractivity contribution in [2.75, 3.05) is 6.61 Å². The molecule has 0 spiro atoms. The molecule has 1 heterocycles. The van der Waals surface area contributed by atoms with Crippen molar-refractivity contribution in [2.45, 2.75) is 13.3 Å². The highest BCUT2D eigenvalue weighted by Gasteiger charge is 2.12. The van der Waals surface area contributed by atoms with Gasteiger partial charge in [-0.25, -0.2) is 15.4 Å². The highest BCUT2D eigenvalue weighted by molar-refractivity contribution is 5.91. The number of amides is 1. The van der Waals surface area contributed by atoms with Crippen LogP contribution >= 0.6 is 0 Å². The number of ether oxygens (including phenoxy) is 1. The van der Waals surface area contributed by atoms with E-state index in [0.717, 1.165) is 6.42 Å². The largest absolute Gasteiger partial charge is 0.493 e. The molecule has 2 rings (SSSR count). The summed E-state index contributed by atoms with van der Waals surface area (Å²) in [5, 5.41) is 8.64. The van der Waals surface area contributed by atoms with Crippen molar-refractivity contribution in [3.05, 3.63) is 42.2 Å². The zero-order chi connectivity index (χ0) is 14.4. The van der Waals surface area contributed by atoms with Gasteiger partial charge < -0.3 is 4.74 Å². The third kappa shape index (κ3) is 3.10. The van der Waals surface area contributed by atoms with E-state index in [2.05, 4.69) is 9.97 Å². The Labute approximate surface area is 116 Å². The Morgan fingerprint density at radius 1 is 1.35 bits per heavy atom. The number of carbonyl (C=O) groups excluding carboxylic acids is 1. The van der Waals surface area contributed by atoms with E-state index >= 15 is 0 Å². The lowest BCUT2D eigenvalue weighted by Crippen LogP contribution is -2.20. The first-order valence-electron chi connectivity index (χ1n) is 6.26. The summed E-state index contributed by atoms with van der Waals surface area (Å²) in [6, 6.07) is 8.77. The fourth-order valence-electron chi connectivity index (χ4n) is 1.66. The van der Waals surface area contributed by atoms with Crippen molar-refractivity contribution >= 4 is 5.91 Å². The van der Waals surface area contributed by atoms with Gasteiger partial charge in [0.15, 0.2) is 5.82 Å². The van der Waals surface area contributed by atoms with Gasteiger partial charge in [-0.15, -0.1) is 0 Å². The van der Waals surface area contributed by atoms with Crippen LogP contribution in [0, 0.1) is 0 Å². The summed E-state index contributed by atoms with van der Waals surface area (Å²) in [6.07, 6.45) is 2.35. The quantitative estimate of drug-likeness (QED) is 0.643. The first-order valence-corrected chi connectivity index (χ1v) is 6.26. The molecule has 1 amide bonds. The van der Waals surface area contributed by atoms with Gasteiger partial charge in [0.2, 0.25) is 0 Å².